The normalized spacial score (nSPS) is 18.1. The highest BCUT2D eigenvalue weighted by atomic mass is 19.1. The van der Waals surface area contributed by atoms with Crippen molar-refractivity contribution in [2.45, 2.75) is 44.2 Å². The van der Waals surface area contributed by atoms with E-state index in [1.165, 1.54) is 26.2 Å². The predicted octanol–water partition coefficient (Wildman–Crippen LogP) is 6.63. The van der Waals surface area contributed by atoms with Crippen LogP contribution in [0.25, 0.3) is 43.7 Å². The number of esters is 1. The van der Waals surface area contributed by atoms with E-state index in [0.29, 0.717) is 58.1 Å². The lowest BCUT2D eigenvalue weighted by Crippen LogP contribution is -2.42. The van der Waals surface area contributed by atoms with Crippen LogP contribution in [-0.4, -0.2) is 72.3 Å². The highest BCUT2D eigenvalue weighted by Gasteiger charge is 2.55. The van der Waals surface area contributed by atoms with Gasteiger partial charge >= 0.3 is 12.1 Å². The second kappa shape index (κ2) is 12.9. The molecule has 3 aromatic carbocycles. The number of halogens is 1. The molecule has 0 radical (unpaired) electrons. The lowest BCUT2D eigenvalue weighted by molar-refractivity contribution is -0.140. The maximum Gasteiger partial charge on any atom is 0.407 e. The summed E-state index contributed by atoms with van der Waals surface area (Å²) in [5, 5.41) is 22.4. The van der Waals surface area contributed by atoms with Crippen molar-refractivity contribution in [3.63, 3.8) is 0 Å². The van der Waals surface area contributed by atoms with Gasteiger partial charge in [0, 0.05) is 42.6 Å². The zero-order chi connectivity index (χ0) is 34.4. The summed E-state index contributed by atoms with van der Waals surface area (Å²) in [7, 11) is 4.33. The molecule has 3 aliphatic rings. The zero-order valence-electron chi connectivity index (χ0n) is 27.4. The number of nitriles is 1. The molecule has 5 aromatic rings. The van der Waals surface area contributed by atoms with E-state index in [2.05, 4.69) is 10.6 Å². The number of fused-ring (bicyclic) bond motifs is 5. The first-order valence-corrected chi connectivity index (χ1v) is 16.1. The number of amides is 1. The van der Waals surface area contributed by atoms with Crippen LogP contribution in [0.2, 0.25) is 0 Å². The van der Waals surface area contributed by atoms with Crippen molar-refractivity contribution in [1.29, 1.82) is 5.26 Å². The summed E-state index contributed by atoms with van der Waals surface area (Å²) in [5.41, 5.74) is 3.01. The molecular formula is C37H35FN4O7. The van der Waals surface area contributed by atoms with Gasteiger partial charge in [-0.05, 0) is 65.4 Å². The summed E-state index contributed by atoms with van der Waals surface area (Å²) in [6, 6.07) is 16.8. The number of aryl methyl sites for hydroxylation is 2. The van der Waals surface area contributed by atoms with Gasteiger partial charge in [-0.1, -0.05) is 24.3 Å². The van der Waals surface area contributed by atoms with Crippen molar-refractivity contribution in [3.8, 4) is 28.8 Å². The molecule has 2 bridgehead atoms. The maximum absolute atomic E-state index is 17.4. The van der Waals surface area contributed by atoms with Gasteiger partial charge in [-0.2, -0.15) is 5.26 Å². The van der Waals surface area contributed by atoms with Gasteiger partial charge in [0.2, 0.25) is 5.88 Å². The van der Waals surface area contributed by atoms with E-state index in [9.17, 15) is 20.0 Å². The Kier molecular flexibility index (Phi) is 8.46. The fourth-order valence-electron chi connectivity index (χ4n) is 7.75. The molecule has 12 heteroatoms. The van der Waals surface area contributed by atoms with E-state index in [1.807, 2.05) is 42.5 Å². The largest absolute Gasteiger partial charge is 0.480 e. The van der Waals surface area contributed by atoms with Crippen LogP contribution >= 0.6 is 0 Å². The van der Waals surface area contributed by atoms with Crippen LogP contribution in [0.4, 0.5) is 9.18 Å². The molecule has 0 spiro atoms. The number of ether oxygens (including phenoxy) is 4. The van der Waals surface area contributed by atoms with Crippen LogP contribution in [-0.2, 0) is 27.1 Å². The summed E-state index contributed by atoms with van der Waals surface area (Å²) in [6.07, 6.45) is 0.566. The molecule has 2 aromatic heterocycles. The van der Waals surface area contributed by atoms with Gasteiger partial charge < -0.3 is 33.5 Å². The van der Waals surface area contributed by atoms with Crippen molar-refractivity contribution in [2.75, 3.05) is 34.7 Å². The molecule has 252 valence electrons. The van der Waals surface area contributed by atoms with E-state index < -0.39 is 11.9 Å². The first-order chi connectivity index (χ1) is 23.8. The van der Waals surface area contributed by atoms with E-state index in [-0.39, 0.29) is 61.4 Å². The number of nitrogens with zero attached hydrogens (tertiary/aromatic N) is 4. The third kappa shape index (κ3) is 5.34. The number of carbonyl (C=O) groups excluding carboxylic acids is 1. The third-order valence-corrected chi connectivity index (χ3v) is 9.89. The molecule has 11 nitrogen and oxygen atoms in total. The Labute approximate surface area is 281 Å². The molecular weight excluding hydrogens is 631 g/mol. The van der Waals surface area contributed by atoms with Gasteiger partial charge in [-0.15, -0.1) is 0 Å². The van der Waals surface area contributed by atoms with Gasteiger partial charge in [0.25, 0.3) is 0 Å². The van der Waals surface area contributed by atoms with Crippen molar-refractivity contribution < 1.29 is 38.0 Å². The van der Waals surface area contributed by atoms with E-state index in [1.54, 1.807) is 6.07 Å². The number of hydrogen-bond acceptors (Lipinski definition) is 8. The van der Waals surface area contributed by atoms with Gasteiger partial charge in [-0.3, -0.25) is 4.79 Å². The third-order valence-electron chi connectivity index (χ3n) is 9.89. The topological polar surface area (TPSA) is 136 Å². The summed E-state index contributed by atoms with van der Waals surface area (Å²) < 4.78 is 41.2. The number of pyridine rings is 1. The predicted molar refractivity (Wildman–Crippen MR) is 179 cm³/mol. The summed E-state index contributed by atoms with van der Waals surface area (Å²) in [6.45, 7) is 0.398. The number of carbonyl (C=O) groups is 2. The molecule has 1 amide bonds. The Bertz CT molecular complexity index is 2170. The minimum atomic E-state index is -0.981. The van der Waals surface area contributed by atoms with E-state index in [0.717, 1.165) is 16.5 Å². The summed E-state index contributed by atoms with van der Waals surface area (Å²) >= 11 is 0. The quantitative estimate of drug-likeness (QED) is 0.122. The van der Waals surface area contributed by atoms with Gasteiger partial charge in [0.05, 0.1) is 49.7 Å². The molecule has 2 aliphatic heterocycles. The first-order valence-electron chi connectivity index (χ1n) is 16.1. The minimum Gasteiger partial charge on any atom is -0.480 e. The molecule has 8 rings (SSSR count). The molecule has 0 unspecified atom stereocenters. The summed E-state index contributed by atoms with van der Waals surface area (Å²) in [4.78, 5) is 30.6. The minimum absolute atomic E-state index is 0.00771. The molecule has 1 N–H and O–H groups in total. The number of benzene rings is 3. The number of aromatic nitrogens is 2. The van der Waals surface area contributed by atoms with Crippen LogP contribution in [0.5, 0.6) is 11.6 Å². The Morgan fingerprint density at radius 2 is 1.90 bits per heavy atom. The molecule has 3 fully saturated rings. The monoisotopic (exact) mass is 666 g/mol. The Balaban J connectivity index is 1.53. The van der Waals surface area contributed by atoms with Crippen LogP contribution in [0.3, 0.4) is 0 Å². The molecule has 1 aliphatic carbocycles. The van der Waals surface area contributed by atoms with Gasteiger partial charge in [0.1, 0.15) is 11.3 Å². The van der Waals surface area contributed by atoms with Crippen LogP contribution in [0.15, 0.2) is 48.5 Å². The molecule has 3 atom stereocenters. The van der Waals surface area contributed by atoms with Crippen LogP contribution < -0.4 is 9.47 Å². The fraction of sp³-hybridized carbons (Fsp3) is 0.351. The number of hydrogen-bond donors (Lipinski definition) is 1. The van der Waals surface area contributed by atoms with Crippen LogP contribution in [0.1, 0.15) is 36.6 Å². The smallest absolute Gasteiger partial charge is 0.407 e. The van der Waals surface area contributed by atoms with Crippen molar-refractivity contribution in [3.05, 3.63) is 65.6 Å². The number of carboxylic acid groups (broad SMARTS) is 1. The SMILES string of the molecule is COCOc1cc(-c2c(CCC#N)cc3c(nc(OC)c4cc(CCC(=O)OC)n([C@H]5[C@@H]6C[C@H]5N(C(=O)O)C6)c43)c2F)c2ccccc2c1. The standard InChI is InChI=1S/C37H35FN4O7/c1-46-19-49-24-13-20-7-4-5-9-25(20)26(17-24)31-21(8-6-12-39)14-27-33(32(31)38)40-36(48-3)28-16-23(10-11-30(43)47-2)42(35(27)28)34-22-15-29(34)41(18-22)37(44)45/h4-5,7,9,13-14,16-17,22,29,34H,6,8,10-11,15,18-19H2,1-3H3,(H,44,45)/t22-,29-,34+/m1/s1. The number of rotatable bonds is 11. The maximum atomic E-state index is 17.4. The molecule has 4 heterocycles. The lowest BCUT2D eigenvalue weighted by Gasteiger charge is -2.38. The van der Waals surface area contributed by atoms with Crippen molar-refractivity contribution in [1.82, 2.24) is 14.5 Å². The first kappa shape index (κ1) is 32.2. The van der Waals surface area contributed by atoms with Gasteiger partial charge in [-0.25, -0.2) is 14.2 Å². The highest BCUT2D eigenvalue weighted by Crippen LogP contribution is 2.53. The molecule has 1 saturated carbocycles. The molecule has 2 saturated heterocycles. The summed E-state index contributed by atoms with van der Waals surface area (Å²) in [5.74, 6) is -0.207. The zero-order valence-corrected chi connectivity index (χ0v) is 27.4. The average Bonchev–Trinajstić information content (AvgIpc) is 3.82. The second-order valence-corrected chi connectivity index (χ2v) is 12.5. The fourth-order valence-corrected chi connectivity index (χ4v) is 7.75. The highest BCUT2D eigenvalue weighted by molar-refractivity contribution is 6.10. The second-order valence-electron chi connectivity index (χ2n) is 12.5. The van der Waals surface area contributed by atoms with Crippen molar-refractivity contribution in [2.24, 2.45) is 5.92 Å². The Hall–Kier alpha value is -5.41. The van der Waals surface area contributed by atoms with E-state index >= 15 is 4.39 Å². The average molecular weight is 667 g/mol. The lowest BCUT2D eigenvalue weighted by atomic mass is 9.79. The van der Waals surface area contributed by atoms with Gasteiger partial charge in [0.15, 0.2) is 12.6 Å². The van der Waals surface area contributed by atoms with Crippen LogP contribution in [0, 0.1) is 23.1 Å². The van der Waals surface area contributed by atoms with E-state index in [4.69, 9.17) is 23.9 Å². The Morgan fingerprint density at radius 1 is 1.08 bits per heavy atom. The molecule has 49 heavy (non-hydrogen) atoms. The number of methoxy groups -OCH3 is 3. The van der Waals surface area contributed by atoms with Crippen molar-refractivity contribution >= 4 is 44.6 Å². The Morgan fingerprint density at radius 3 is 2.61 bits per heavy atom.